The molecule has 1 unspecified atom stereocenters. The Balaban J connectivity index is 1.99. The van der Waals surface area contributed by atoms with Crippen LogP contribution in [0.15, 0.2) is 24.3 Å². The number of hydrogen-bond donors (Lipinski definition) is 2. The van der Waals surface area contributed by atoms with Gasteiger partial charge in [-0.2, -0.15) is 0 Å². The van der Waals surface area contributed by atoms with E-state index in [0.29, 0.717) is 6.04 Å². The fourth-order valence-electron chi connectivity index (χ4n) is 1.93. The first kappa shape index (κ1) is 9.38. The maximum atomic E-state index is 5.87. The minimum Gasteiger partial charge on any atom is -0.397 e. The van der Waals surface area contributed by atoms with Crippen molar-refractivity contribution in [1.82, 2.24) is 0 Å². The van der Waals surface area contributed by atoms with Crippen molar-refractivity contribution in [3.63, 3.8) is 0 Å². The molecule has 76 valence electrons. The van der Waals surface area contributed by atoms with E-state index in [9.17, 15) is 0 Å². The Kier molecular flexibility index (Phi) is 2.62. The van der Waals surface area contributed by atoms with Crippen molar-refractivity contribution in [3.8, 4) is 0 Å². The second-order valence-corrected chi connectivity index (χ2v) is 4.21. The zero-order valence-electron chi connectivity index (χ0n) is 8.66. The zero-order chi connectivity index (χ0) is 9.97. The van der Waals surface area contributed by atoms with Crippen molar-refractivity contribution in [3.05, 3.63) is 24.3 Å². The minimum absolute atomic E-state index is 0.549. The van der Waals surface area contributed by atoms with E-state index in [1.807, 2.05) is 24.3 Å². The van der Waals surface area contributed by atoms with Gasteiger partial charge in [0.05, 0.1) is 11.4 Å². The van der Waals surface area contributed by atoms with Gasteiger partial charge in [0.1, 0.15) is 0 Å². The van der Waals surface area contributed by atoms with E-state index in [0.717, 1.165) is 17.3 Å². The summed E-state index contributed by atoms with van der Waals surface area (Å²) in [7, 11) is 0. The van der Waals surface area contributed by atoms with Crippen molar-refractivity contribution in [1.29, 1.82) is 0 Å². The second-order valence-electron chi connectivity index (χ2n) is 4.21. The fourth-order valence-corrected chi connectivity index (χ4v) is 1.93. The summed E-state index contributed by atoms with van der Waals surface area (Å²) in [4.78, 5) is 0. The molecule has 0 saturated heterocycles. The molecule has 2 heteroatoms. The van der Waals surface area contributed by atoms with Crippen LogP contribution in [0.2, 0.25) is 0 Å². The Morgan fingerprint density at radius 2 is 2.07 bits per heavy atom. The molecular weight excluding hydrogens is 172 g/mol. The lowest BCUT2D eigenvalue weighted by Gasteiger charge is -2.32. The molecular formula is C12H18N2. The quantitative estimate of drug-likeness (QED) is 0.719. The molecule has 3 N–H and O–H groups in total. The third-order valence-corrected chi connectivity index (χ3v) is 3.20. The lowest BCUT2D eigenvalue weighted by Crippen LogP contribution is -2.31. The summed E-state index contributed by atoms with van der Waals surface area (Å²) in [5.74, 6) is 0.842. The van der Waals surface area contributed by atoms with Crippen molar-refractivity contribution < 1.29 is 0 Å². The van der Waals surface area contributed by atoms with Gasteiger partial charge in [0.15, 0.2) is 0 Å². The molecule has 1 aromatic carbocycles. The lowest BCUT2D eigenvalue weighted by atomic mass is 9.80. The SMILES string of the molecule is CC(Nc1ccccc1N)C1CCC1. The molecule has 0 heterocycles. The molecule has 2 nitrogen and oxygen atoms in total. The van der Waals surface area contributed by atoms with Crippen LogP contribution in [0.3, 0.4) is 0 Å². The van der Waals surface area contributed by atoms with Crippen LogP contribution in [0, 0.1) is 5.92 Å². The maximum absolute atomic E-state index is 5.87. The number of benzene rings is 1. The van der Waals surface area contributed by atoms with Crippen LogP contribution in [0.25, 0.3) is 0 Å². The summed E-state index contributed by atoms with van der Waals surface area (Å²) in [6.45, 7) is 2.25. The molecule has 1 aromatic rings. The van der Waals surface area contributed by atoms with Crippen LogP contribution in [-0.4, -0.2) is 6.04 Å². The molecule has 0 spiro atoms. The third-order valence-electron chi connectivity index (χ3n) is 3.20. The first-order valence-corrected chi connectivity index (χ1v) is 5.38. The van der Waals surface area contributed by atoms with Crippen molar-refractivity contribution in [2.24, 2.45) is 5.92 Å². The topological polar surface area (TPSA) is 38.0 Å². The molecule has 2 rings (SSSR count). The first-order chi connectivity index (χ1) is 6.77. The highest BCUT2D eigenvalue weighted by Gasteiger charge is 2.23. The number of nitrogen functional groups attached to an aromatic ring is 1. The summed E-state index contributed by atoms with van der Waals surface area (Å²) in [6, 6.07) is 8.52. The maximum Gasteiger partial charge on any atom is 0.0576 e. The highest BCUT2D eigenvalue weighted by atomic mass is 14.9. The number of para-hydroxylation sites is 2. The van der Waals surface area contributed by atoms with E-state index < -0.39 is 0 Å². The Morgan fingerprint density at radius 1 is 1.36 bits per heavy atom. The van der Waals surface area contributed by atoms with E-state index >= 15 is 0 Å². The molecule has 0 bridgehead atoms. The second kappa shape index (κ2) is 3.91. The first-order valence-electron chi connectivity index (χ1n) is 5.38. The lowest BCUT2D eigenvalue weighted by molar-refractivity contribution is 0.285. The van der Waals surface area contributed by atoms with Gasteiger partial charge >= 0.3 is 0 Å². The van der Waals surface area contributed by atoms with E-state index in [1.165, 1.54) is 19.3 Å². The average Bonchev–Trinajstić information content (AvgIpc) is 2.05. The number of rotatable bonds is 3. The van der Waals surface area contributed by atoms with Crippen LogP contribution >= 0.6 is 0 Å². The Labute approximate surface area is 85.5 Å². The number of anilines is 2. The third kappa shape index (κ3) is 1.84. The summed E-state index contributed by atoms with van der Waals surface area (Å²) in [5, 5.41) is 3.49. The Morgan fingerprint density at radius 3 is 2.64 bits per heavy atom. The monoisotopic (exact) mass is 190 g/mol. The molecule has 1 atom stereocenters. The summed E-state index contributed by atoms with van der Waals surface area (Å²) in [5.41, 5.74) is 7.79. The number of nitrogens with one attached hydrogen (secondary N) is 1. The van der Waals surface area contributed by atoms with Crippen LogP contribution in [0.5, 0.6) is 0 Å². The van der Waals surface area contributed by atoms with Crippen LogP contribution < -0.4 is 11.1 Å². The van der Waals surface area contributed by atoms with Gasteiger partial charge in [-0.3, -0.25) is 0 Å². The molecule has 1 fully saturated rings. The largest absolute Gasteiger partial charge is 0.397 e. The van der Waals surface area contributed by atoms with Gasteiger partial charge < -0.3 is 11.1 Å². The van der Waals surface area contributed by atoms with Gasteiger partial charge in [0.2, 0.25) is 0 Å². The average molecular weight is 190 g/mol. The van der Waals surface area contributed by atoms with Gasteiger partial charge in [-0.1, -0.05) is 18.6 Å². The zero-order valence-corrected chi connectivity index (χ0v) is 8.66. The molecule has 0 aliphatic heterocycles. The van der Waals surface area contributed by atoms with Crippen molar-refractivity contribution in [2.45, 2.75) is 32.2 Å². The summed E-state index contributed by atoms with van der Waals surface area (Å²) >= 11 is 0. The normalized spacial score (nSPS) is 18.6. The van der Waals surface area contributed by atoms with Crippen LogP contribution in [-0.2, 0) is 0 Å². The van der Waals surface area contributed by atoms with E-state index in [4.69, 9.17) is 5.73 Å². The minimum atomic E-state index is 0.549. The predicted octanol–water partition coefficient (Wildman–Crippen LogP) is 2.87. The van der Waals surface area contributed by atoms with E-state index in [1.54, 1.807) is 0 Å². The van der Waals surface area contributed by atoms with Gasteiger partial charge in [0, 0.05) is 6.04 Å². The molecule has 14 heavy (non-hydrogen) atoms. The van der Waals surface area contributed by atoms with Gasteiger partial charge in [-0.15, -0.1) is 0 Å². The van der Waals surface area contributed by atoms with E-state index in [-0.39, 0.29) is 0 Å². The van der Waals surface area contributed by atoms with Gasteiger partial charge in [0.25, 0.3) is 0 Å². The molecule has 1 aliphatic rings. The molecule has 0 amide bonds. The smallest absolute Gasteiger partial charge is 0.0576 e. The summed E-state index contributed by atoms with van der Waals surface area (Å²) < 4.78 is 0. The van der Waals surface area contributed by atoms with E-state index in [2.05, 4.69) is 12.2 Å². The van der Waals surface area contributed by atoms with Crippen molar-refractivity contribution >= 4 is 11.4 Å². The van der Waals surface area contributed by atoms with Gasteiger partial charge in [-0.05, 0) is 37.8 Å². The fraction of sp³-hybridized carbons (Fsp3) is 0.500. The van der Waals surface area contributed by atoms with Crippen LogP contribution in [0.4, 0.5) is 11.4 Å². The highest BCUT2D eigenvalue weighted by molar-refractivity contribution is 5.65. The molecule has 0 radical (unpaired) electrons. The standard InChI is InChI=1S/C12H18N2/c1-9(10-5-4-6-10)14-12-8-3-2-7-11(12)13/h2-3,7-10,14H,4-6,13H2,1H3. The summed E-state index contributed by atoms with van der Waals surface area (Å²) in [6.07, 6.45) is 4.11. The van der Waals surface area contributed by atoms with Crippen molar-refractivity contribution in [2.75, 3.05) is 11.1 Å². The Hall–Kier alpha value is -1.18. The highest BCUT2D eigenvalue weighted by Crippen LogP contribution is 2.31. The number of nitrogens with two attached hydrogens (primary N) is 1. The Bertz CT molecular complexity index is 305. The predicted molar refractivity (Wildman–Crippen MR) is 61.3 cm³/mol. The molecule has 1 aliphatic carbocycles. The molecule has 0 aromatic heterocycles. The van der Waals surface area contributed by atoms with Gasteiger partial charge in [-0.25, -0.2) is 0 Å². The molecule has 1 saturated carbocycles. The number of hydrogen-bond acceptors (Lipinski definition) is 2. The van der Waals surface area contributed by atoms with Crippen LogP contribution in [0.1, 0.15) is 26.2 Å².